The fourth-order valence-electron chi connectivity index (χ4n) is 4.01. The Morgan fingerprint density at radius 3 is 2.86 bits per heavy atom. The first-order chi connectivity index (χ1) is 6.86. The Hall–Kier alpha value is -0.630. The van der Waals surface area contributed by atoms with Gasteiger partial charge in [-0.3, -0.25) is 4.79 Å². The Bertz CT molecular complexity index is 420. The molecule has 1 aromatic rings. The van der Waals surface area contributed by atoms with Crippen molar-refractivity contribution in [2.75, 3.05) is 0 Å². The van der Waals surface area contributed by atoms with Crippen LogP contribution in [0.2, 0.25) is 0 Å². The molecule has 1 nitrogen and oxygen atoms in total. The summed E-state index contributed by atoms with van der Waals surface area (Å²) in [6.45, 7) is 0. The number of hydrogen-bond acceptors (Lipinski definition) is 2. The summed E-state index contributed by atoms with van der Waals surface area (Å²) >= 11 is 1.81. The van der Waals surface area contributed by atoms with E-state index in [-0.39, 0.29) is 0 Å². The lowest BCUT2D eigenvalue weighted by Crippen LogP contribution is -2.20. The Labute approximate surface area is 87.1 Å². The predicted octanol–water partition coefficient (Wildman–Crippen LogP) is 3.07. The van der Waals surface area contributed by atoms with Crippen molar-refractivity contribution in [3.63, 3.8) is 0 Å². The van der Waals surface area contributed by atoms with Crippen LogP contribution in [0.1, 0.15) is 40.4 Å². The van der Waals surface area contributed by atoms with Gasteiger partial charge in [0.15, 0.2) is 5.78 Å². The van der Waals surface area contributed by atoms with Crippen LogP contribution in [0.4, 0.5) is 0 Å². The van der Waals surface area contributed by atoms with Crippen molar-refractivity contribution in [2.45, 2.75) is 25.2 Å². The Balaban J connectivity index is 1.93. The maximum Gasteiger partial charge on any atom is 0.167 e. The maximum absolute atomic E-state index is 12.1. The van der Waals surface area contributed by atoms with Gasteiger partial charge in [-0.15, -0.1) is 11.3 Å². The summed E-state index contributed by atoms with van der Waals surface area (Å²) in [5.74, 6) is 3.08. The summed E-state index contributed by atoms with van der Waals surface area (Å²) in [4.78, 5) is 13.6. The van der Waals surface area contributed by atoms with Crippen molar-refractivity contribution in [3.05, 3.63) is 21.9 Å². The normalized spacial score (nSPS) is 43.0. The second-order valence-electron chi connectivity index (χ2n) is 4.95. The molecule has 0 amide bonds. The summed E-state index contributed by atoms with van der Waals surface area (Å²) in [5, 5.41) is 2.09. The number of Topliss-reactive ketones (excluding diaryl/α,β-unsaturated/α-hetero) is 1. The Morgan fingerprint density at radius 1 is 1.21 bits per heavy atom. The minimum absolute atomic E-state index is 0.399. The van der Waals surface area contributed by atoms with Gasteiger partial charge in [-0.05, 0) is 42.5 Å². The number of thiophene rings is 1. The lowest BCUT2D eigenvalue weighted by atomic mass is 9.81. The van der Waals surface area contributed by atoms with Gasteiger partial charge in [0.2, 0.25) is 0 Å². The topological polar surface area (TPSA) is 17.1 Å². The minimum atomic E-state index is 0.399. The molecule has 2 bridgehead atoms. The molecule has 3 aliphatic rings. The number of hydrogen-bond donors (Lipinski definition) is 0. The van der Waals surface area contributed by atoms with Crippen LogP contribution in [0.3, 0.4) is 0 Å². The highest BCUT2D eigenvalue weighted by atomic mass is 32.1. The molecule has 0 unspecified atom stereocenters. The third kappa shape index (κ3) is 0.681. The van der Waals surface area contributed by atoms with Crippen molar-refractivity contribution >= 4 is 17.1 Å². The molecule has 0 saturated heterocycles. The molecule has 4 atom stereocenters. The molecule has 0 radical (unpaired) electrons. The molecular weight excluding hydrogens is 192 g/mol. The SMILES string of the molecule is O=C1c2ccsc2[C@@H]2[C@H]3CC[C@H](C3)[C@H]12. The first kappa shape index (κ1) is 7.63. The average Bonchev–Trinajstić information content (AvgIpc) is 2.88. The van der Waals surface area contributed by atoms with Crippen LogP contribution < -0.4 is 0 Å². The Kier molecular flexibility index (Phi) is 1.25. The smallest absolute Gasteiger partial charge is 0.167 e. The minimum Gasteiger partial charge on any atom is -0.294 e. The van der Waals surface area contributed by atoms with Gasteiger partial charge in [0, 0.05) is 22.3 Å². The zero-order valence-corrected chi connectivity index (χ0v) is 8.72. The first-order valence-corrected chi connectivity index (χ1v) is 6.36. The molecule has 1 heterocycles. The first-order valence-electron chi connectivity index (χ1n) is 5.48. The van der Waals surface area contributed by atoms with Gasteiger partial charge >= 0.3 is 0 Å². The summed E-state index contributed by atoms with van der Waals surface area (Å²) in [5.41, 5.74) is 1.07. The molecule has 0 aliphatic heterocycles. The summed E-state index contributed by atoms with van der Waals surface area (Å²) in [6, 6.07) is 2.04. The van der Waals surface area contributed by atoms with Gasteiger partial charge in [-0.1, -0.05) is 0 Å². The summed E-state index contributed by atoms with van der Waals surface area (Å²) < 4.78 is 0. The van der Waals surface area contributed by atoms with E-state index in [1.54, 1.807) is 0 Å². The fraction of sp³-hybridized carbons (Fsp3) is 0.583. The average molecular weight is 204 g/mol. The third-order valence-electron chi connectivity index (χ3n) is 4.48. The third-order valence-corrected chi connectivity index (χ3v) is 5.50. The molecule has 2 fully saturated rings. The van der Waals surface area contributed by atoms with Crippen LogP contribution in [-0.4, -0.2) is 5.78 Å². The fourth-order valence-corrected chi connectivity index (χ4v) is 5.15. The van der Waals surface area contributed by atoms with Crippen molar-refractivity contribution in [2.24, 2.45) is 17.8 Å². The number of carbonyl (C=O) groups excluding carboxylic acids is 1. The zero-order chi connectivity index (χ0) is 9.28. The number of rotatable bonds is 0. The largest absolute Gasteiger partial charge is 0.294 e. The van der Waals surface area contributed by atoms with Gasteiger partial charge in [-0.25, -0.2) is 0 Å². The predicted molar refractivity (Wildman–Crippen MR) is 55.7 cm³/mol. The maximum atomic E-state index is 12.1. The van der Waals surface area contributed by atoms with E-state index in [9.17, 15) is 4.79 Å². The highest BCUT2D eigenvalue weighted by Crippen LogP contribution is 2.62. The van der Waals surface area contributed by atoms with Crippen LogP contribution in [0, 0.1) is 17.8 Å². The van der Waals surface area contributed by atoms with Crippen LogP contribution >= 0.6 is 11.3 Å². The van der Waals surface area contributed by atoms with Gasteiger partial charge < -0.3 is 0 Å². The standard InChI is InChI=1S/C12H12OS/c13-11-8-3-4-14-12(8)10-7-2-1-6(5-7)9(10)11/h3-4,6-7,9-10H,1-2,5H2/t6-,7+,9+,10-/m1/s1. The van der Waals surface area contributed by atoms with Crippen LogP contribution in [0.15, 0.2) is 11.4 Å². The van der Waals surface area contributed by atoms with Gasteiger partial charge in [0.05, 0.1) is 0 Å². The molecule has 2 heteroatoms. The van der Waals surface area contributed by atoms with E-state index in [2.05, 4.69) is 5.38 Å². The monoisotopic (exact) mass is 204 g/mol. The quantitative estimate of drug-likeness (QED) is 0.634. The van der Waals surface area contributed by atoms with Crippen molar-refractivity contribution < 1.29 is 4.79 Å². The van der Waals surface area contributed by atoms with E-state index in [1.807, 2.05) is 17.4 Å². The molecule has 0 aromatic carbocycles. The number of ketones is 1. The number of carbonyl (C=O) groups is 1. The molecule has 72 valence electrons. The van der Waals surface area contributed by atoms with Crippen LogP contribution in [0.5, 0.6) is 0 Å². The number of fused-ring (bicyclic) bond motifs is 7. The highest BCUT2D eigenvalue weighted by Gasteiger charge is 2.56. The molecular formula is C12H12OS. The lowest BCUT2D eigenvalue weighted by molar-refractivity contribution is 0.0883. The summed E-state index contributed by atoms with van der Waals surface area (Å²) in [6.07, 6.45) is 4.02. The molecule has 2 saturated carbocycles. The molecule has 0 spiro atoms. The van der Waals surface area contributed by atoms with Crippen LogP contribution in [0.25, 0.3) is 0 Å². The van der Waals surface area contributed by atoms with E-state index in [0.29, 0.717) is 17.6 Å². The molecule has 14 heavy (non-hydrogen) atoms. The summed E-state index contributed by atoms with van der Waals surface area (Å²) in [7, 11) is 0. The Morgan fingerprint density at radius 2 is 2.00 bits per heavy atom. The van der Waals surface area contributed by atoms with Crippen molar-refractivity contribution in [1.82, 2.24) is 0 Å². The van der Waals surface area contributed by atoms with E-state index < -0.39 is 0 Å². The van der Waals surface area contributed by atoms with E-state index in [0.717, 1.165) is 17.4 Å². The van der Waals surface area contributed by atoms with Crippen LogP contribution in [-0.2, 0) is 0 Å². The molecule has 0 N–H and O–H groups in total. The van der Waals surface area contributed by atoms with Crippen molar-refractivity contribution in [3.8, 4) is 0 Å². The zero-order valence-electron chi connectivity index (χ0n) is 7.90. The van der Waals surface area contributed by atoms with E-state index in [4.69, 9.17) is 0 Å². The van der Waals surface area contributed by atoms with E-state index >= 15 is 0 Å². The van der Waals surface area contributed by atoms with E-state index in [1.165, 1.54) is 24.1 Å². The van der Waals surface area contributed by atoms with Gasteiger partial charge in [0.1, 0.15) is 0 Å². The highest BCUT2D eigenvalue weighted by molar-refractivity contribution is 7.10. The molecule has 1 aromatic heterocycles. The second-order valence-corrected chi connectivity index (χ2v) is 5.90. The second kappa shape index (κ2) is 2.30. The molecule has 3 aliphatic carbocycles. The van der Waals surface area contributed by atoms with Crippen molar-refractivity contribution in [1.29, 1.82) is 0 Å². The lowest BCUT2D eigenvalue weighted by Gasteiger charge is -2.23. The van der Waals surface area contributed by atoms with Gasteiger partial charge in [0.25, 0.3) is 0 Å². The van der Waals surface area contributed by atoms with Gasteiger partial charge in [-0.2, -0.15) is 0 Å². The molecule has 4 rings (SSSR count).